The van der Waals surface area contributed by atoms with Gasteiger partial charge in [0.25, 0.3) is 0 Å². The van der Waals surface area contributed by atoms with Crippen molar-refractivity contribution in [3.63, 3.8) is 0 Å². The molecule has 2 aromatic rings. The highest BCUT2D eigenvalue weighted by Crippen LogP contribution is 2.23. The second kappa shape index (κ2) is 6.17. The van der Waals surface area contributed by atoms with E-state index in [9.17, 15) is 8.42 Å². The summed E-state index contributed by atoms with van der Waals surface area (Å²) in [4.78, 5) is 0.212. The van der Waals surface area contributed by atoms with E-state index in [0.717, 1.165) is 10.0 Å². The van der Waals surface area contributed by atoms with Gasteiger partial charge in [0.1, 0.15) is 0 Å². The van der Waals surface area contributed by atoms with Crippen LogP contribution in [-0.4, -0.2) is 8.42 Å². The van der Waals surface area contributed by atoms with Crippen molar-refractivity contribution in [2.75, 3.05) is 5.73 Å². The molecule has 112 valence electrons. The van der Waals surface area contributed by atoms with Crippen molar-refractivity contribution in [3.8, 4) is 0 Å². The van der Waals surface area contributed by atoms with Crippen LogP contribution in [0.4, 0.5) is 5.69 Å². The highest BCUT2D eigenvalue weighted by molar-refractivity contribution is 9.10. The molecule has 2 aromatic carbocycles. The summed E-state index contributed by atoms with van der Waals surface area (Å²) >= 11 is 3.38. The molecule has 0 aliphatic heterocycles. The van der Waals surface area contributed by atoms with Crippen LogP contribution in [0.2, 0.25) is 0 Å². The largest absolute Gasteiger partial charge is 0.399 e. The Hall–Kier alpha value is -1.37. The van der Waals surface area contributed by atoms with Crippen LogP contribution in [0.5, 0.6) is 0 Å². The molecular weight excluding hydrogens is 352 g/mol. The number of benzene rings is 2. The van der Waals surface area contributed by atoms with Gasteiger partial charge in [-0.2, -0.15) is 0 Å². The lowest BCUT2D eigenvalue weighted by Crippen LogP contribution is -2.27. The lowest BCUT2D eigenvalue weighted by atomic mass is 10.1. The maximum atomic E-state index is 12.5. The second-order valence-corrected chi connectivity index (χ2v) is 7.52. The average molecular weight is 369 g/mol. The molecule has 0 radical (unpaired) electrons. The maximum absolute atomic E-state index is 12.5. The van der Waals surface area contributed by atoms with Gasteiger partial charge in [0.2, 0.25) is 10.0 Å². The number of rotatable bonds is 4. The van der Waals surface area contributed by atoms with Gasteiger partial charge >= 0.3 is 0 Å². The van der Waals surface area contributed by atoms with E-state index < -0.39 is 10.0 Å². The standard InChI is InChI=1S/C15H17BrN2O2S/c1-10-6-7-14(17)9-15(10)21(19,20)18-11(2)12-4-3-5-13(16)8-12/h3-9,11,18H,17H2,1-2H3. The Morgan fingerprint density at radius 1 is 1.19 bits per heavy atom. The first kappa shape index (κ1) is 16.0. The van der Waals surface area contributed by atoms with Crippen molar-refractivity contribution in [1.82, 2.24) is 4.72 Å². The summed E-state index contributed by atoms with van der Waals surface area (Å²) in [5.74, 6) is 0. The lowest BCUT2D eigenvalue weighted by molar-refractivity contribution is 0.566. The van der Waals surface area contributed by atoms with Crippen molar-refractivity contribution >= 4 is 31.6 Å². The minimum atomic E-state index is -3.62. The highest BCUT2D eigenvalue weighted by Gasteiger charge is 2.20. The predicted molar refractivity (Wildman–Crippen MR) is 88.5 cm³/mol. The summed E-state index contributed by atoms with van der Waals surface area (Å²) in [6, 6.07) is 12.1. The normalized spacial score (nSPS) is 13.1. The number of nitrogens with one attached hydrogen (secondary N) is 1. The monoisotopic (exact) mass is 368 g/mol. The molecule has 0 amide bonds. The lowest BCUT2D eigenvalue weighted by Gasteiger charge is -2.16. The summed E-state index contributed by atoms with van der Waals surface area (Å²) in [5, 5.41) is 0. The zero-order valence-corrected chi connectivity index (χ0v) is 14.2. The van der Waals surface area contributed by atoms with E-state index in [1.165, 1.54) is 6.07 Å². The molecule has 0 aromatic heterocycles. The fraction of sp³-hybridized carbons (Fsp3) is 0.200. The molecule has 2 rings (SSSR count). The zero-order valence-electron chi connectivity index (χ0n) is 11.8. The van der Waals surface area contributed by atoms with Crippen molar-refractivity contribution in [3.05, 3.63) is 58.1 Å². The summed E-state index contributed by atoms with van der Waals surface area (Å²) in [5.41, 5.74) is 7.66. The molecule has 0 fully saturated rings. The Morgan fingerprint density at radius 3 is 2.57 bits per heavy atom. The SMILES string of the molecule is Cc1ccc(N)cc1S(=O)(=O)NC(C)c1cccc(Br)c1. The number of anilines is 1. The van der Waals surface area contributed by atoms with E-state index in [-0.39, 0.29) is 10.9 Å². The van der Waals surface area contributed by atoms with E-state index in [0.29, 0.717) is 11.3 Å². The summed E-state index contributed by atoms with van der Waals surface area (Å²) in [6.45, 7) is 3.55. The number of halogens is 1. The molecule has 0 heterocycles. The molecule has 21 heavy (non-hydrogen) atoms. The Kier molecular flexibility index (Phi) is 4.70. The number of nitrogen functional groups attached to an aromatic ring is 1. The van der Waals surface area contributed by atoms with Crippen molar-refractivity contribution in [2.45, 2.75) is 24.8 Å². The fourth-order valence-electron chi connectivity index (χ4n) is 2.05. The number of aryl methyl sites for hydroxylation is 1. The van der Waals surface area contributed by atoms with Crippen LogP contribution in [0.25, 0.3) is 0 Å². The van der Waals surface area contributed by atoms with Crippen LogP contribution in [0.1, 0.15) is 24.1 Å². The first-order valence-corrected chi connectivity index (χ1v) is 8.71. The topological polar surface area (TPSA) is 72.2 Å². The first-order valence-electron chi connectivity index (χ1n) is 6.43. The minimum Gasteiger partial charge on any atom is -0.399 e. The fourth-order valence-corrected chi connectivity index (χ4v) is 3.97. The molecule has 3 N–H and O–H groups in total. The van der Waals surface area contributed by atoms with Crippen molar-refractivity contribution < 1.29 is 8.42 Å². The summed E-state index contributed by atoms with van der Waals surface area (Å²) in [6.07, 6.45) is 0. The second-order valence-electron chi connectivity index (χ2n) is 4.92. The summed E-state index contributed by atoms with van der Waals surface area (Å²) in [7, 11) is -3.62. The van der Waals surface area contributed by atoms with Gasteiger partial charge < -0.3 is 5.73 Å². The third-order valence-electron chi connectivity index (χ3n) is 3.18. The molecule has 0 bridgehead atoms. The van der Waals surface area contributed by atoms with Crippen molar-refractivity contribution in [2.24, 2.45) is 0 Å². The van der Waals surface area contributed by atoms with Gasteiger partial charge in [-0.25, -0.2) is 13.1 Å². The van der Waals surface area contributed by atoms with Crippen LogP contribution >= 0.6 is 15.9 Å². The first-order chi connectivity index (χ1) is 9.79. The summed E-state index contributed by atoms with van der Waals surface area (Å²) < 4.78 is 28.6. The molecule has 1 atom stereocenters. The van der Waals surface area contributed by atoms with Gasteiger partial charge in [-0.15, -0.1) is 0 Å². The van der Waals surface area contributed by atoms with Gasteiger partial charge in [0, 0.05) is 16.2 Å². The quantitative estimate of drug-likeness (QED) is 0.812. The number of hydrogen-bond acceptors (Lipinski definition) is 3. The molecule has 1 unspecified atom stereocenters. The number of nitrogens with two attached hydrogens (primary N) is 1. The van der Waals surface area contributed by atoms with Crippen LogP contribution in [0.3, 0.4) is 0 Å². The Morgan fingerprint density at radius 2 is 1.90 bits per heavy atom. The molecule has 4 nitrogen and oxygen atoms in total. The third-order valence-corrected chi connectivity index (χ3v) is 5.36. The predicted octanol–water partition coefficient (Wildman–Crippen LogP) is 3.38. The Bertz CT molecular complexity index is 760. The third kappa shape index (κ3) is 3.84. The minimum absolute atomic E-state index is 0.212. The number of sulfonamides is 1. The molecule has 0 saturated heterocycles. The van der Waals surface area contributed by atoms with Crippen LogP contribution in [0, 0.1) is 6.92 Å². The van der Waals surface area contributed by atoms with Gasteiger partial charge in [-0.3, -0.25) is 0 Å². The molecule has 0 spiro atoms. The van der Waals surface area contributed by atoms with E-state index in [1.54, 1.807) is 26.0 Å². The van der Waals surface area contributed by atoms with E-state index >= 15 is 0 Å². The average Bonchev–Trinajstić information content (AvgIpc) is 2.41. The molecule has 0 aliphatic rings. The van der Waals surface area contributed by atoms with Gasteiger partial charge in [-0.05, 0) is 49.2 Å². The molecular formula is C15H17BrN2O2S. The number of hydrogen-bond donors (Lipinski definition) is 2. The van der Waals surface area contributed by atoms with E-state index in [2.05, 4.69) is 20.7 Å². The molecule has 0 saturated carbocycles. The maximum Gasteiger partial charge on any atom is 0.241 e. The zero-order chi connectivity index (χ0) is 15.6. The van der Waals surface area contributed by atoms with Gasteiger partial charge in [0.15, 0.2) is 0 Å². The van der Waals surface area contributed by atoms with Crippen LogP contribution in [0.15, 0.2) is 51.8 Å². The van der Waals surface area contributed by atoms with Gasteiger partial charge in [-0.1, -0.05) is 34.1 Å². The van der Waals surface area contributed by atoms with E-state index in [4.69, 9.17) is 5.73 Å². The van der Waals surface area contributed by atoms with Crippen molar-refractivity contribution in [1.29, 1.82) is 0 Å². The van der Waals surface area contributed by atoms with Crippen LogP contribution in [-0.2, 0) is 10.0 Å². The Labute approximate surface area is 133 Å². The highest BCUT2D eigenvalue weighted by atomic mass is 79.9. The smallest absolute Gasteiger partial charge is 0.241 e. The van der Waals surface area contributed by atoms with Crippen LogP contribution < -0.4 is 10.5 Å². The molecule has 0 aliphatic carbocycles. The van der Waals surface area contributed by atoms with E-state index in [1.807, 2.05) is 24.3 Å². The van der Waals surface area contributed by atoms with Gasteiger partial charge in [0.05, 0.1) is 4.90 Å². The molecule has 6 heteroatoms. The Balaban J connectivity index is 2.31.